The molecule has 234 valence electrons. The van der Waals surface area contributed by atoms with Crippen LogP contribution in [0, 0.1) is 0 Å². The van der Waals surface area contributed by atoms with Crippen LogP contribution in [-0.2, 0) is 27.4 Å². The molecule has 2 saturated heterocycles. The fourth-order valence-electron chi connectivity index (χ4n) is 7.67. The summed E-state index contributed by atoms with van der Waals surface area (Å²) < 4.78 is 14.1. The highest BCUT2D eigenvalue weighted by atomic mass is 16.7. The number of methoxy groups -OCH3 is 2. The van der Waals surface area contributed by atoms with Crippen molar-refractivity contribution in [2.45, 2.75) is 56.5 Å². The lowest BCUT2D eigenvalue weighted by atomic mass is 9.84. The van der Waals surface area contributed by atoms with E-state index in [4.69, 9.17) is 9.47 Å². The smallest absolute Gasteiger partial charge is 0.270 e. The first-order valence-electron chi connectivity index (χ1n) is 16.2. The van der Waals surface area contributed by atoms with Gasteiger partial charge in [-0.3, -0.25) is 9.59 Å². The number of aromatic nitrogens is 1. The molecule has 3 aromatic rings. The number of likely N-dealkylation sites (tertiary alicyclic amines) is 2. The number of rotatable bonds is 7. The van der Waals surface area contributed by atoms with Gasteiger partial charge in [0.1, 0.15) is 5.69 Å². The summed E-state index contributed by atoms with van der Waals surface area (Å²) >= 11 is 0. The first-order valence-corrected chi connectivity index (χ1v) is 16.2. The first kappa shape index (κ1) is 29.7. The van der Waals surface area contributed by atoms with Gasteiger partial charge in [-0.25, -0.2) is 0 Å². The van der Waals surface area contributed by atoms with E-state index in [1.165, 1.54) is 12.8 Å². The van der Waals surface area contributed by atoms with E-state index < -0.39 is 5.79 Å². The number of carbonyl (C=O) groups is 2. The summed E-state index contributed by atoms with van der Waals surface area (Å²) in [6.07, 6.45) is 10.3. The van der Waals surface area contributed by atoms with Gasteiger partial charge in [-0.15, -0.1) is 0 Å². The number of carbonyl (C=O) groups excluding carboxylic acids is 2. The van der Waals surface area contributed by atoms with Crippen LogP contribution >= 0.6 is 0 Å². The lowest BCUT2D eigenvalue weighted by Crippen LogP contribution is -2.43. The Kier molecular flexibility index (Phi) is 8.21. The van der Waals surface area contributed by atoms with Gasteiger partial charge in [0.05, 0.1) is 19.0 Å². The number of para-hydroxylation sites is 1. The predicted octanol–water partition coefficient (Wildman–Crippen LogP) is 5.35. The Balaban J connectivity index is 1.19. The molecule has 0 spiro atoms. The molecule has 4 heterocycles. The van der Waals surface area contributed by atoms with Crippen LogP contribution in [0.15, 0.2) is 90.5 Å². The lowest BCUT2D eigenvalue weighted by Gasteiger charge is -2.37. The van der Waals surface area contributed by atoms with Crippen molar-refractivity contribution >= 4 is 17.5 Å². The molecule has 8 nitrogen and oxygen atoms in total. The third-order valence-electron chi connectivity index (χ3n) is 10.1. The van der Waals surface area contributed by atoms with Gasteiger partial charge >= 0.3 is 0 Å². The third kappa shape index (κ3) is 5.45. The number of fused-ring (bicyclic) bond motifs is 2. The molecular weight excluding hydrogens is 564 g/mol. The van der Waals surface area contributed by atoms with Crippen LogP contribution in [0.1, 0.15) is 58.9 Å². The van der Waals surface area contributed by atoms with E-state index in [2.05, 4.69) is 20.4 Å². The van der Waals surface area contributed by atoms with Crippen molar-refractivity contribution < 1.29 is 19.1 Å². The zero-order valence-electron chi connectivity index (χ0n) is 26.2. The van der Waals surface area contributed by atoms with Gasteiger partial charge in [0.15, 0.2) is 5.79 Å². The average Bonchev–Trinajstić information content (AvgIpc) is 3.84. The largest absolute Gasteiger partial charge is 0.349 e. The van der Waals surface area contributed by atoms with Crippen molar-refractivity contribution in [1.29, 1.82) is 0 Å². The second-order valence-corrected chi connectivity index (χ2v) is 12.6. The fourth-order valence-corrected chi connectivity index (χ4v) is 7.67. The number of hydrogen-bond donors (Lipinski definition) is 0. The molecule has 2 atom stereocenters. The summed E-state index contributed by atoms with van der Waals surface area (Å²) in [6.45, 7) is 4.90. The van der Waals surface area contributed by atoms with Crippen molar-refractivity contribution in [3.63, 3.8) is 0 Å². The first-order chi connectivity index (χ1) is 22.0. The molecule has 7 rings (SSSR count). The lowest BCUT2D eigenvalue weighted by molar-refractivity contribution is -0.179. The summed E-state index contributed by atoms with van der Waals surface area (Å²) in [7, 11) is 3.22. The predicted molar refractivity (Wildman–Crippen MR) is 174 cm³/mol. The summed E-state index contributed by atoms with van der Waals surface area (Å²) in [4.78, 5) is 34.9. The van der Waals surface area contributed by atoms with Crippen LogP contribution < -0.4 is 4.90 Å². The molecule has 0 bridgehead atoms. The Morgan fingerprint density at radius 3 is 2.38 bits per heavy atom. The minimum Gasteiger partial charge on any atom is -0.349 e. The second-order valence-electron chi connectivity index (χ2n) is 12.6. The van der Waals surface area contributed by atoms with Gasteiger partial charge in [-0.1, -0.05) is 60.7 Å². The molecule has 45 heavy (non-hydrogen) atoms. The van der Waals surface area contributed by atoms with E-state index >= 15 is 0 Å². The molecule has 1 unspecified atom stereocenters. The third-order valence-corrected chi connectivity index (χ3v) is 10.1. The van der Waals surface area contributed by atoms with E-state index in [0.29, 0.717) is 24.4 Å². The number of hydrogen-bond acceptors (Lipinski definition) is 5. The standard InChI is InChI=1S/C37H42N4O4/c1-44-37(45-2)23-28(16-18-32(37)27-11-4-3-5-12-27)35(42)41-26-31-17-19-34(40(31)24-29-13-6-7-15-33(29)41)36(43)39-22-10-14-30(39)25-38-20-8-9-21-38/h3-7,11-13,15-19,23,30,32H,8-10,14,20-22,24-26H2,1-2H3/t30-,32?/m0/s1. The fraction of sp³-hybridized carbons (Fsp3) is 0.405. The zero-order chi connectivity index (χ0) is 31.0. The number of amides is 2. The minimum absolute atomic E-state index is 0.0926. The van der Waals surface area contributed by atoms with Gasteiger partial charge in [0, 0.05) is 50.3 Å². The maximum atomic E-state index is 14.4. The highest BCUT2D eigenvalue weighted by molar-refractivity contribution is 6.08. The Bertz CT molecular complexity index is 1620. The van der Waals surface area contributed by atoms with Gasteiger partial charge < -0.3 is 28.7 Å². The maximum Gasteiger partial charge on any atom is 0.270 e. The van der Waals surface area contributed by atoms with E-state index in [1.54, 1.807) is 14.2 Å². The van der Waals surface area contributed by atoms with Gasteiger partial charge in [-0.05, 0) is 74.2 Å². The van der Waals surface area contributed by atoms with Crippen molar-refractivity contribution in [1.82, 2.24) is 14.4 Å². The average molecular weight is 607 g/mol. The Morgan fingerprint density at radius 1 is 0.844 bits per heavy atom. The van der Waals surface area contributed by atoms with E-state index in [-0.39, 0.29) is 23.8 Å². The van der Waals surface area contributed by atoms with E-state index in [0.717, 1.165) is 61.5 Å². The Hall–Kier alpha value is -3.98. The molecule has 1 aromatic heterocycles. The number of nitrogens with zero attached hydrogens (tertiary/aromatic N) is 4. The van der Waals surface area contributed by atoms with Crippen LogP contribution in [0.4, 0.5) is 5.69 Å². The van der Waals surface area contributed by atoms with Gasteiger partial charge in [0.2, 0.25) is 0 Å². The molecular formula is C37H42N4O4. The van der Waals surface area contributed by atoms with Crippen LogP contribution in [-0.4, -0.2) is 78.4 Å². The van der Waals surface area contributed by atoms with Gasteiger partial charge in [-0.2, -0.15) is 0 Å². The summed E-state index contributed by atoms with van der Waals surface area (Å²) in [5.41, 5.74) is 5.01. The van der Waals surface area contributed by atoms with E-state index in [1.807, 2.05) is 83.8 Å². The van der Waals surface area contributed by atoms with Crippen molar-refractivity contribution in [3.05, 3.63) is 113 Å². The van der Waals surface area contributed by atoms with Crippen molar-refractivity contribution in [3.8, 4) is 0 Å². The number of ether oxygens (including phenoxy) is 2. The molecule has 0 radical (unpaired) electrons. The molecule has 4 aliphatic rings. The minimum atomic E-state index is -1.13. The number of anilines is 1. The SMILES string of the molecule is COC1(OC)C=C(C(=O)N2Cc3ccc(C(=O)N4CCC[C@H]4CN4CCCC4)n3Cc3ccccc32)C=CC1c1ccccc1. The Labute approximate surface area is 265 Å². The monoisotopic (exact) mass is 606 g/mol. The van der Waals surface area contributed by atoms with Crippen molar-refractivity contribution in [2.24, 2.45) is 0 Å². The van der Waals surface area contributed by atoms with E-state index in [9.17, 15) is 9.59 Å². The van der Waals surface area contributed by atoms with Crippen LogP contribution in [0.25, 0.3) is 0 Å². The normalized spacial score (nSPS) is 22.6. The van der Waals surface area contributed by atoms with Crippen LogP contribution in [0.5, 0.6) is 0 Å². The topological polar surface area (TPSA) is 67.2 Å². The molecule has 0 N–H and O–H groups in total. The molecule has 0 saturated carbocycles. The molecule has 1 aliphatic carbocycles. The van der Waals surface area contributed by atoms with Crippen LogP contribution in [0.3, 0.4) is 0 Å². The molecule has 3 aliphatic heterocycles. The van der Waals surface area contributed by atoms with Crippen LogP contribution in [0.2, 0.25) is 0 Å². The Morgan fingerprint density at radius 2 is 1.60 bits per heavy atom. The van der Waals surface area contributed by atoms with Gasteiger partial charge in [0.25, 0.3) is 11.8 Å². The molecule has 2 aromatic carbocycles. The second kappa shape index (κ2) is 12.4. The number of benzene rings is 2. The quantitative estimate of drug-likeness (QED) is 0.339. The maximum absolute atomic E-state index is 14.4. The summed E-state index contributed by atoms with van der Waals surface area (Å²) in [6, 6.07) is 22.3. The highest BCUT2D eigenvalue weighted by Crippen LogP contribution is 2.40. The molecule has 2 amide bonds. The summed E-state index contributed by atoms with van der Waals surface area (Å²) in [5.74, 6) is -1.40. The van der Waals surface area contributed by atoms with Crippen molar-refractivity contribution in [2.75, 3.05) is 45.3 Å². The molecule has 2 fully saturated rings. The highest BCUT2D eigenvalue weighted by Gasteiger charge is 2.41. The summed E-state index contributed by atoms with van der Waals surface area (Å²) in [5, 5.41) is 0. The molecule has 8 heteroatoms. The zero-order valence-corrected chi connectivity index (χ0v) is 26.2.